The van der Waals surface area contributed by atoms with E-state index >= 15 is 0 Å². The van der Waals surface area contributed by atoms with Crippen LogP contribution in [0, 0.1) is 6.92 Å². The fourth-order valence-electron chi connectivity index (χ4n) is 5.08. The van der Waals surface area contributed by atoms with Gasteiger partial charge in [-0.25, -0.2) is 9.59 Å². The summed E-state index contributed by atoms with van der Waals surface area (Å²) >= 11 is 0. The average Bonchev–Trinajstić information content (AvgIpc) is 2.96. The van der Waals surface area contributed by atoms with Gasteiger partial charge in [0.1, 0.15) is 24.0 Å². The highest BCUT2D eigenvalue weighted by Gasteiger charge is 2.66. The van der Waals surface area contributed by atoms with Gasteiger partial charge in [-0.15, -0.1) is 0 Å². The minimum absolute atomic E-state index is 0.0242. The van der Waals surface area contributed by atoms with Gasteiger partial charge in [0.05, 0.1) is 13.2 Å². The van der Waals surface area contributed by atoms with Crippen LogP contribution in [0.3, 0.4) is 0 Å². The van der Waals surface area contributed by atoms with E-state index in [-0.39, 0.29) is 11.3 Å². The van der Waals surface area contributed by atoms with E-state index in [2.05, 4.69) is 5.32 Å². The third-order valence-corrected chi connectivity index (χ3v) is 6.81. The summed E-state index contributed by atoms with van der Waals surface area (Å²) in [7, 11) is 0.925. The van der Waals surface area contributed by atoms with Gasteiger partial charge < -0.3 is 48.0 Å². The summed E-state index contributed by atoms with van der Waals surface area (Å²) in [4.78, 5) is 86.6. The molecule has 47 heavy (non-hydrogen) atoms. The number of aryl methyl sites for hydroxylation is 1. The number of rotatable bonds is 11. The van der Waals surface area contributed by atoms with Crippen LogP contribution in [0.4, 0.5) is 0 Å². The number of hydrogen-bond donors (Lipinski definition) is 2. The van der Waals surface area contributed by atoms with Crippen LogP contribution in [0.2, 0.25) is 0 Å². The van der Waals surface area contributed by atoms with Crippen LogP contribution in [0.1, 0.15) is 40.2 Å². The Hall–Kier alpha value is -5.03. The van der Waals surface area contributed by atoms with Crippen molar-refractivity contribution in [1.29, 1.82) is 0 Å². The number of aliphatic hydroxyl groups excluding tert-OH is 1. The molecule has 2 aromatic rings. The molecule has 0 unspecified atom stereocenters. The second-order valence-corrected chi connectivity index (χ2v) is 10.5. The van der Waals surface area contributed by atoms with Crippen molar-refractivity contribution in [3.8, 4) is 5.75 Å². The highest BCUT2D eigenvalue weighted by molar-refractivity contribution is 5.83. The van der Waals surface area contributed by atoms with Crippen LogP contribution < -0.4 is 15.7 Å². The third kappa shape index (κ3) is 8.62. The van der Waals surface area contributed by atoms with Gasteiger partial charge in [-0.2, -0.15) is 0 Å². The molecule has 1 aromatic carbocycles. The Morgan fingerprint density at radius 3 is 2.17 bits per heavy atom. The molecule has 1 fully saturated rings. The van der Waals surface area contributed by atoms with Crippen LogP contribution >= 0.6 is 0 Å². The second kappa shape index (κ2) is 15.0. The molecule has 1 aliphatic rings. The van der Waals surface area contributed by atoms with Gasteiger partial charge in [0, 0.05) is 52.1 Å². The van der Waals surface area contributed by atoms with Gasteiger partial charge in [-0.3, -0.25) is 24.0 Å². The zero-order valence-corrected chi connectivity index (χ0v) is 26.6. The van der Waals surface area contributed by atoms with Crippen LogP contribution in [0.15, 0.2) is 33.5 Å². The van der Waals surface area contributed by atoms with E-state index < -0.39 is 90.3 Å². The van der Waals surface area contributed by atoms with E-state index in [9.17, 15) is 38.7 Å². The first kappa shape index (κ1) is 36.4. The Morgan fingerprint density at radius 2 is 1.62 bits per heavy atom. The number of hydrogen-bond acceptors (Lipinski definition) is 16. The molecule has 0 spiro atoms. The fourth-order valence-corrected chi connectivity index (χ4v) is 5.08. The molecule has 1 aliphatic heterocycles. The Labute approximate surface area is 267 Å². The fraction of sp³-hybridized carbons (Fsp3) is 0.500. The van der Waals surface area contributed by atoms with Crippen LogP contribution in [-0.2, 0) is 57.2 Å². The zero-order valence-electron chi connectivity index (χ0n) is 26.6. The van der Waals surface area contributed by atoms with Gasteiger partial charge >= 0.3 is 41.3 Å². The SMILES string of the molecule is COC(=O)[C@]1(Oc2ccc3c(C)cc(=O)oc3c2)O[C@@H]([C@H](OC(C)=O)[C@@H](COC(C)=O)OC(C)=O)[C@H](NC(C)=O)[C@@H](OC(C)=O)[C@@H]1O. The molecule has 2 N–H and O–H groups in total. The van der Waals surface area contributed by atoms with E-state index in [1.807, 2.05) is 0 Å². The lowest BCUT2D eigenvalue weighted by molar-refractivity contribution is -0.325. The molecule has 7 atom stereocenters. The summed E-state index contributed by atoms with van der Waals surface area (Å²) in [5.41, 5.74) is -0.109. The molecule has 0 radical (unpaired) electrons. The molecule has 3 rings (SSSR count). The lowest BCUT2D eigenvalue weighted by Gasteiger charge is -2.50. The number of amides is 1. The van der Waals surface area contributed by atoms with Crippen molar-refractivity contribution in [3.63, 3.8) is 0 Å². The van der Waals surface area contributed by atoms with Crippen molar-refractivity contribution in [2.24, 2.45) is 0 Å². The van der Waals surface area contributed by atoms with Crippen molar-refractivity contribution < 1.29 is 71.4 Å². The minimum atomic E-state index is -2.97. The summed E-state index contributed by atoms with van der Waals surface area (Å²) in [6.45, 7) is 6.03. The predicted molar refractivity (Wildman–Crippen MR) is 154 cm³/mol. The maximum atomic E-state index is 13.6. The molecular formula is C30H35NO16. The lowest BCUT2D eigenvalue weighted by Crippen LogP contribution is -2.76. The normalized spacial score (nSPS) is 23.4. The maximum absolute atomic E-state index is 13.6. The minimum Gasteiger partial charge on any atom is -0.464 e. The van der Waals surface area contributed by atoms with E-state index in [4.69, 9.17) is 37.6 Å². The zero-order chi connectivity index (χ0) is 35.2. The van der Waals surface area contributed by atoms with Crippen molar-refractivity contribution in [2.45, 2.75) is 83.9 Å². The summed E-state index contributed by atoms with van der Waals surface area (Å²) in [6.07, 6.45) is -9.51. The average molecular weight is 666 g/mol. The monoisotopic (exact) mass is 665 g/mol. The summed E-state index contributed by atoms with van der Waals surface area (Å²) in [5.74, 6) is -9.07. The molecule has 1 aromatic heterocycles. The number of nitrogens with one attached hydrogen (secondary N) is 1. The second-order valence-electron chi connectivity index (χ2n) is 10.5. The predicted octanol–water partition coefficient (Wildman–Crippen LogP) is -0.0279. The molecule has 17 nitrogen and oxygen atoms in total. The van der Waals surface area contributed by atoms with Crippen molar-refractivity contribution in [2.75, 3.05) is 13.7 Å². The number of methoxy groups -OCH3 is 1. The Kier molecular flexibility index (Phi) is 11.7. The molecule has 0 saturated carbocycles. The topological polar surface area (TPSA) is 229 Å². The first-order valence-electron chi connectivity index (χ1n) is 14.1. The largest absolute Gasteiger partial charge is 0.464 e. The number of benzene rings is 1. The number of ether oxygens (including phenoxy) is 7. The molecule has 0 bridgehead atoms. The van der Waals surface area contributed by atoms with Gasteiger partial charge in [-0.1, -0.05) is 0 Å². The van der Waals surface area contributed by atoms with E-state index in [0.717, 1.165) is 41.7 Å². The van der Waals surface area contributed by atoms with Gasteiger partial charge in [-0.05, 0) is 24.6 Å². The summed E-state index contributed by atoms with van der Waals surface area (Å²) < 4.78 is 43.4. The third-order valence-electron chi connectivity index (χ3n) is 6.81. The molecule has 17 heteroatoms. The lowest BCUT2D eigenvalue weighted by atomic mass is 9.85. The number of carbonyl (C=O) groups excluding carboxylic acids is 6. The molecule has 1 amide bonds. The number of fused-ring (bicyclic) bond motifs is 1. The van der Waals surface area contributed by atoms with E-state index in [1.165, 1.54) is 24.3 Å². The van der Waals surface area contributed by atoms with Crippen LogP contribution in [0.25, 0.3) is 11.0 Å². The van der Waals surface area contributed by atoms with Crippen molar-refractivity contribution in [3.05, 3.63) is 40.2 Å². The highest BCUT2D eigenvalue weighted by atomic mass is 16.8. The Morgan fingerprint density at radius 1 is 0.957 bits per heavy atom. The number of carbonyl (C=O) groups is 6. The van der Waals surface area contributed by atoms with Crippen molar-refractivity contribution >= 4 is 46.7 Å². The molecular weight excluding hydrogens is 630 g/mol. The van der Waals surface area contributed by atoms with Gasteiger partial charge in [0.15, 0.2) is 24.4 Å². The number of esters is 5. The van der Waals surface area contributed by atoms with E-state index in [1.54, 1.807) is 6.92 Å². The molecule has 256 valence electrons. The van der Waals surface area contributed by atoms with Crippen LogP contribution in [0.5, 0.6) is 5.75 Å². The van der Waals surface area contributed by atoms with Crippen LogP contribution in [-0.4, -0.2) is 96.9 Å². The van der Waals surface area contributed by atoms with Gasteiger partial charge in [0.25, 0.3) is 0 Å². The first-order chi connectivity index (χ1) is 22.0. The van der Waals surface area contributed by atoms with E-state index in [0.29, 0.717) is 10.9 Å². The highest BCUT2D eigenvalue weighted by Crippen LogP contribution is 2.39. The quantitative estimate of drug-likeness (QED) is 0.182. The maximum Gasteiger partial charge on any atom is 0.382 e. The Bertz CT molecular complexity index is 1600. The van der Waals surface area contributed by atoms with Gasteiger partial charge in [0.2, 0.25) is 5.91 Å². The summed E-state index contributed by atoms with van der Waals surface area (Å²) in [5, 5.41) is 14.6. The standard InChI is InChI=1S/C30H35NO16/c1-13-10-23(37)45-21-11-19(8-9-20(13)21)46-30(29(39)40-7)28(38)27(44-18(6)36)24(31-14(2)32)26(47-30)25(43-17(5)35)22(42-16(4)34)12-41-15(3)33/h8-11,22,24-28,38H,12H2,1-7H3,(H,31,32)/t22-,24+,25-,26-,27-,28+,30-/m1/s1. The molecule has 2 heterocycles. The molecule has 0 aliphatic carbocycles. The Balaban J connectivity index is 2.31. The first-order valence-corrected chi connectivity index (χ1v) is 14.1. The molecule has 1 saturated heterocycles. The summed E-state index contributed by atoms with van der Waals surface area (Å²) in [6, 6.07) is 3.67. The number of aliphatic hydroxyl groups is 1. The smallest absolute Gasteiger partial charge is 0.382 e. The van der Waals surface area contributed by atoms with Crippen molar-refractivity contribution in [1.82, 2.24) is 5.32 Å².